The molecule has 8 heavy (non-hydrogen) atoms. The summed E-state index contributed by atoms with van der Waals surface area (Å²) in [6, 6.07) is 2.01. The average Bonchev–Trinajstić information content (AvgIpc) is 1.83. The monoisotopic (exact) mass is 113 g/mol. The molecule has 0 aliphatic carbocycles. The number of aliphatic hydroxyl groups excluding tert-OH is 1. The third-order valence-corrected chi connectivity index (χ3v) is 1.22. The van der Waals surface area contributed by atoms with Gasteiger partial charge >= 0.3 is 0 Å². The number of nitriles is 1. The van der Waals surface area contributed by atoms with Crippen LogP contribution in [0.5, 0.6) is 0 Å². The summed E-state index contributed by atoms with van der Waals surface area (Å²) in [4.78, 5) is 0. The van der Waals surface area contributed by atoms with Gasteiger partial charge in [-0.3, -0.25) is 0 Å². The molecule has 1 atom stereocenters. The number of rotatable bonds is 3. The highest BCUT2D eigenvalue weighted by molar-refractivity contribution is 4.73. The standard InChI is InChI=1S/C6H11NO/c1-2-6(5-8)3-4-7/h6,8H,2-3,5H2,1H3/t6-/m1/s1. The number of hydrogen-bond acceptors (Lipinski definition) is 2. The first kappa shape index (κ1) is 7.45. The van der Waals surface area contributed by atoms with Crippen LogP contribution in [0.4, 0.5) is 0 Å². The van der Waals surface area contributed by atoms with E-state index >= 15 is 0 Å². The van der Waals surface area contributed by atoms with Gasteiger partial charge in [-0.1, -0.05) is 13.3 Å². The van der Waals surface area contributed by atoms with Crippen LogP contribution in [0.25, 0.3) is 0 Å². The quantitative estimate of drug-likeness (QED) is 0.591. The molecule has 2 heteroatoms. The van der Waals surface area contributed by atoms with Crippen molar-refractivity contribution >= 4 is 0 Å². The summed E-state index contributed by atoms with van der Waals surface area (Å²) in [5.74, 6) is 0.194. The SMILES string of the molecule is CC[C@@H](CO)CC#N. The van der Waals surface area contributed by atoms with Crippen molar-refractivity contribution in [3.8, 4) is 6.07 Å². The summed E-state index contributed by atoms with van der Waals surface area (Å²) in [7, 11) is 0. The van der Waals surface area contributed by atoms with Gasteiger partial charge in [0.2, 0.25) is 0 Å². The van der Waals surface area contributed by atoms with Crippen molar-refractivity contribution in [2.24, 2.45) is 5.92 Å². The van der Waals surface area contributed by atoms with E-state index in [1.807, 2.05) is 13.0 Å². The Morgan fingerprint density at radius 1 is 1.75 bits per heavy atom. The Bertz CT molecular complexity index is 81.0. The summed E-state index contributed by atoms with van der Waals surface area (Å²) in [5, 5.41) is 16.6. The van der Waals surface area contributed by atoms with Gasteiger partial charge in [0.05, 0.1) is 6.07 Å². The topological polar surface area (TPSA) is 44.0 Å². The number of hydrogen-bond donors (Lipinski definition) is 1. The largest absolute Gasteiger partial charge is 0.396 e. The Morgan fingerprint density at radius 2 is 2.38 bits per heavy atom. The molecule has 1 N–H and O–H groups in total. The molecule has 0 rings (SSSR count). The van der Waals surface area contributed by atoms with Gasteiger partial charge in [-0.05, 0) is 5.92 Å². The first-order valence-electron chi connectivity index (χ1n) is 2.83. The average molecular weight is 113 g/mol. The third-order valence-electron chi connectivity index (χ3n) is 1.22. The molecule has 0 amide bonds. The van der Waals surface area contributed by atoms with Gasteiger partial charge in [0.15, 0.2) is 0 Å². The molecule has 0 aliphatic heterocycles. The van der Waals surface area contributed by atoms with E-state index in [0.717, 1.165) is 6.42 Å². The molecule has 0 unspecified atom stereocenters. The van der Waals surface area contributed by atoms with E-state index < -0.39 is 0 Å². The highest BCUT2D eigenvalue weighted by Gasteiger charge is 2.00. The normalized spacial score (nSPS) is 12.6. The Labute approximate surface area is 49.8 Å². The molecule has 0 bridgehead atoms. The van der Waals surface area contributed by atoms with E-state index in [0.29, 0.717) is 6.42 Å². The van der Waals surface area contributed by atoms with E-state index in [-0.39, 0.29) is 12.5 Å². The smallest absolute Gasteiger partial charge is 0.0625 e. The minimum Gasteiger partial charge on any atom is -0.396 e. The third kappa shape index (κ3) is 2.59. The van der Waals surface area contributed by atoms with Crippen molar-refractivity contribution in [2.45, 2.75) is 19.8 Å². The van der Waals surface area contributed by atoms with Crippen LogP contribution < -0.4 is 0 Å². The van der Waals surface area contributed by atoms with Gasteiger partial charge in [0.25, 0.3) is 0 Å². The fourth-order valence-electron chi connectivity index (χ4n) is 0.467. The summed E-state index contributed by atoms with van der Waals surface area (Å²) in [5.41, 5.74) is 0. The molecule has 0 saturated heterocycles. The molecular formula is C6H11NO. The lowest BCUT2D eigenvalue weighted by atomic mass is 10.1. The van der Waals surface area contributed by atoms with Crippen molar-refractivity contribution < 1.29 is 5.11 Å². The maximum absolute atomic E-state index is 8.51. The van der Waals surface area contributed by atoms with Crippen LogP contribution in [0, 0.1) is 17.2 Å². The molecule has 0 heterocycles. The summed E-state index contributed by atoms with van der Waals surface area (Å²) < 4.78 is 0. The molecule has 0 radical (unpaired) electrons. The highest BCUT2D eigenvalue weighted by atomic mass is 16.3. The number of nitrogens with zero attached hydrogens (tertiary/aromatic N) is 1. The van der Waals surface area contributed by atoms with Crippen LogP contribution in [0.1, 0.15) is 19.8 Å². The van der Waals surface area contributed by atoms with Crippen molar-refractivity contribution in [1.82, 2.24) is 0 Å². The lowest BCUT2D eigenvalue weighted by molar-refractivity contribution is 0.225. The zero-order valence-corrected chi connectivity index (χ0v) is 5.09. The molecule has 2 nitrogen and oxygen atoms in total. The van der Waals surface area contributed by atoms with Gasteiger partial charge in [0.1, 0.15) is 0 Å². The van der Waals surface area contributed by atoms with Crippen LogP contribution in [0.3, 0.4) is 0 Å². The highest BCUT2D eigenvalue weighted by Crippen LogP contribution is 2.03. The second kappa shape index (κ2) is 4.61. The zero-order chi connectivity index (χ0) is 6.41. The summed E-state index contributed by atoms with van der Waals surface area (Å²) in [6.45, 7) is 2.11. The molecule has 0 aromatic heterocycles. The molecular weight excluding hydrogens is 102 g/mol. The fraction of sp³-hybridized carbons (Fsp3) is 0.833. The van der Waals surface area contributed by atoms with Gasteiger partial charge in [-0.25, -0.2) is 0 Å². The Hall–Kier alpha value is -0.550. The van der Waals surface area contributed by atoms with E-state index in [4.69, 9.17) is 10.4 Å². The lowest BCUT2D eigenvalue weighted by Gasteiger charge is -2.02. The molecule has 0 saturated carbocycles. The maximum atomic E-state index is 8.51. The first-order valence-corrected chi connectivity index (χ1v) is 2.83. The van der Waals surface area contributed by atoms with Crippen LogP contribution in [0.2, 0.25) is 0 Å². The molecule has 46 valence electrons. The maximum Gasteiger partial charge on any atom is 0.0625 e. The van der Waals surface area contributed by atoms with E-state index in [1.165, 1.54) is 0 Å². The molecule has 0 aromatic carbocycles. The molecule has 0 fully saturated rings. The predicted molar refractivity (Wildman–Crippen MR) is 31.1 cm³/mol. The first-order chi connectivity index (χ1) is 3.85. The molecule has 0 aliphatic rings. The lowest BCUT2D eigenvalue weighted by Crippen LogP contribution is -2.02. The zero-order valence-electron chi connectivity index (χ0n) is 5.09. The van der Waals surface area contributed by atoms with Crippen LogP contribution in [-0.2, 0) is 0 Å². The van der Waals surface area contributed by atoms with Crippen molar-refractivity contribution in [3.05, 3.63) is 0 Å². The van der Waals surface area contributed by atoms with E-state index in [2.05, 4.69) is 0 Å². The molecule has 0 aromatic rings. The Balaban J connectivity index is 3.25. The Morgan fingerprint density at radius 3 is 2.50 bits per heavy atom. The Kier molecular flexibility index (Phi) is 4.29. The minimum absolute atomic E-state index is 0.143. The van der Waals surface area contributed by atoms with Crippen molar-refractivity contribution in [1.29, 1.82) is 5.26 Å². The van der Waals surface area contributed by atoms with Crippen LogP contribution in [-0.4, -0.2) is 11.7 Å². The van der Waals surface area contributed by atoms with E-state index in [1.54, 1.807) is 0 Å². The van der Waals surface area contributed by atoms with Crippen LogP contribution >= 0.6 is 0 Å². The second-order valence-electron chi connectivity index (χ2n) is 1.82. The van der Waals surface area contributed by atoms with Gasteiger partial charge in [-0.2, -0.15) is 5.26 Å². The minimum atomic E-state index is 0.143. The van der Waals surface area contributed by atoms with Crippen molar-refractivity contribution in [3.63, 3.8) is 0 Å². The van der Waals surface area contributed by atoms with Crippen LogP contribution in [0.15, 0.2) is 0 Å². The summed E-state index contributed by atoms with van der Waals surface area (Å²) >= 11 is 0. The van der Waals surface area contributed by atoms with E-state index in [9.17, 15) is 0 Å². The number of aliphatic hydroxyl groups is 1. The fourth-order valence-corrected chi connectivity index (χ4v) is 0.467. The summed E-state index contributed by atoms with van der Waals surface area (Å²) in [6.07, 6.45) is 1.37. The van der Waals surface area contributed by atoms with Gasteiger partial charge < -0.3 is 5.11 Å². The second-order valence-corrected chi connectivity index (χ2v) is 1.82. The van der Waals surface area contributed by atoms with Gasteiger partial charge in [-0.15, -0.1) is 0 Å². The van der Waals surface area contributed by atoms with Crippen molar-refractivity contribution in [2.75, 3.05) is 6.61 Å². The molecule has 0 spiro atoms. The van der Waals surface area contributed by atoms with Gasteiger partial charge in [0, 0.05) is 13.0 Å². The predicted octanol–water partition coefficient (Wildman–Crippen LogP) is 0.919.